The molecule has 7 heteroatoms. The molecule has 0 aliphatic rings. The molecule has 1 atom stereocenters. The molecule has 0 spiro atoms. The molecule has 2 aromatic carbocycles. The number of carbonyl (C=O) groups is 2. The Morgan fingerprint density at radius 3 is 2.22 bits per heavy atom. The van der Waals surface area contributed by atoms with Crippen molar-refractivity contribution in [3.05, 3.63) is 60.2 Å². The van der Waals surface area contributed by atoms with Gasteiger partial charge in [0, 0.05) is 12.1 Å². The molecule has 2 aromatic rings. The lowest BCUT2D eigenvalue weighted by atomic mass is 10.0. The molecule has 0 aliphatic heterocycles. The number of anilines is 1. The van der Waals surface area contributed by atoms with E-state index in [1.807, 2.05) is 6.07 Å². The summed E-state index contributed by atoms with van der Waals surface area (Å²) in [6.07, 6.45) is -0.983. The molecule has 0 saturated carbocycles. The number of rotatable bonds is 5. The second kappa shape index (κ2) is 8.55. The molecule has 0 fully saturated rings. The van der Waals surface area contributed by atoms with Crippen LogP contribution >= 0.6 is 0 Å². The zero-order valence-corrected chi connectivity index (χ0v) is 15.5. The van der Waals surface area contributed by atoms with Crippen LogP contribution in [0.3, 0.4) is 0 Å². The fraction of sp³-hybridized carbons (Fsp3) is 0.300. The SMILES string of the molecule is CC(C)(C)OC(=O)N(O)[C@@H](Cc1ccc(O)cc1)C(=O)Nc1ccccc1. The third-order valence-electron chi connectivity index (χ3n) is 3.59. The van der Waals surface area contributed by atoms with Crippen LogP contribution in [0.1, 0.15) is 26.3 Å². The van der Waals surface area contributed by atoms with Gasteiger partial charge < -0.3 is 15.2 Å². The largest absolute Gasteiger partial charge is 0.508 e. The number of hydroxylamine groups is 2. The Hall–Kier alpha value is -3.06. The van der Waals surface area contributed by atoms with Crippen LogP contribution in [0.2, 0.25) is 0 Å². The summed E-state index contributed by atoms with van der Waals surface area (Å²) < 4.78 is 5.15. The maximum atomic E-state index is 12.7. The van der Waals surface area contributed by atoms with Crippen LogP contribution in [0.5, 0.6) is 5.75 Å². The first-order valence-electron chi connectivity index (χ1n) is 8.50. The number of benzene rings is 2. The molecule has 0 bridgehead atoms. The minimum atomic E-state index is -1.22. The Morgan fingerprint density at radius 1 is 1.07 bits per heavy atom. The zero-order valence-electron chi connectivity index (χ0n) is 15.5. The van der Waals surface area contributed by atoms with Crippen molar-refractivity contribution in [3.63, 3.8) is 0 Å². The van der Waals surface area contributed by atoms with Gasteiger partial charge in [0.2, 0.25) is 5.91 Å². The van der Waals surface area contributed by atoms with Gasteiger partial charge in [-0.3, -0.25) is 10.0 Å². The number of phenolic OH excluding ortho intramolecular Hbond substituents is 1. The highest BCUT2D eigenvalue weighted by molar-refractivity contribution is 5.96. The second-order valence-electron chi connectivity index (χ2n) is 7.07. The van der Waals surface area contributed by atoms with Crippen LogP contribution in [0.25, 0.3) is 0 Å². The van der Waals surface area contributed by atoms with E-state index >= 15 is 0 Å². The Morgan fingerprint density at radius 2 is 1.67 bits per heavy atom. The summed E-state index contributed by atoms with van der Waals surface area (Å²) in [5.74, 6) is -0.486. The van der Waals surface area contributed by atoms with E-state index in [4.69, 9.17) is 4.74 Å². The van der Waals surface area contributed by atoms with Crippen LogP contribution in [0.4, 0.5) is 10.5 Å². The van der Waals surface area contributed by atoms with E-state index in [-0.39, 0.29) is 12.2 Å². The number of para-hydroxylation sites is 1. The summed E-state index contributed by atoms with van der Waals surface area (Å²) in [7, 11) is 0. The lowest BCUT2D eigenvalue weighted by Gasteiger charge is -2.28. The van der Waals surface area contributed by atoms with Crippen molar-refractivity contribution in [2.45, 2.75) is 38.8 Å². The van der Waals surface area contributed by atoms with Gasteiger partial charge in [-0.15, -0.1) is 0 Å². The average molecular weight is 372 g/mol. The minimum Gasteiger partial charge on any atom is -0.508 e. The standard InChI is InChI=1S/C20H24N2O5/c1-20(2,3)27-19(25)22(26)17(13-14-9-11-16(23)12-10-14)18(24)21-15-7-5-4-6-8-15/h4-12,17,23,26H,13H2,1-3H3,(H,21,24)/t17-/m0/s1. The lowest BCUT2D eigenvalue weighted by Crippen LogP contribution is -2.48. The first kappa shape index (κ1) is 20.3. The summed E-state index contributed by atoms with van der Waals surface area (Å²) in [4.78, 5) is 25.0. The molecular formula is C20H24N2O5. The van der Waals surface area contributed by atoms with Gasteiger partial charge in [-0.2, -0.15) is 5.06 Å². The van der Waals surface area contributed by atoms with Gasteiger partial charge in [0.25, 0.3) is 0 Å². The van der Waals surface area contributed by atoms with Crippen LogP contribution in [-0.2, 0) is 16.0 Å². The molecule has 2 rings (SSSR count). The Labute approximate surface area is 158 Å². The molecule has 3 N–H and O–H groups in total. The number of ether oxygens (including phenoxy) is 1. The summed E-state index contributed by atoms with van der Waals surface area (Å²) in [5.41, 5.74) is 0.372. The molecule has 0 aromatic heterocycles. The quantitative estimate of drug-likeness (QED) is 0.550. The van der Waals surface area contributed by atoms with Crippen LogP contribution in [-0.4, -0.2) is 39.0 Å². The highest BCUT2D eigenvalue weighted by Gasteiger charge is 2.32. The van der Waals surface area contributed by atoms with Gasteiger partial charge in [-0.05, 0) is 50.6 Å². The van der Waals surface area contributed by atoms with Crippen molar-refractivity contribution in [2.75, 3.05) is 5.32 Å². The summed E-state index contributed by atoms with van der Waals surface area (Å²) in [6.45, 7) is 4.99. The van der Waals surface area contributed by atoms with E-state index in [0.717, 1.165) is 0 Å². The second-order valence-corrected chi connectivity index (χ2v) is 7.07. The highest BCUT2D eigenvalue weighted by atomic mass is 16.6. The Balaban J connectivity index is 2.22. The smallest absolute Gasteiger partial charge is 0.435 e. The molecule has 0 radical (unpaired) electrons. The van der Waals surface area contributed by atoms with Crippen molar-refractivity contribution in [1.29, 1.82) is 0 Å². The normalized spacial score (nSPS) is 12.1. The number of carbonyl (C=O) groups excluding carboxylic acids is 2. The average Bonchev–Trinajstić information content (AvgIpc) is 2.60. The fourth-order valence-electron chi connectivity index (χ4n) is 2.33. The van der Waals surface area contributed by atoms with E-state index in [9.17, 15) is 19.9 Å². The molecular weight excluding hydrogens is 348 g/mol. The topological polar surface area (TPSA) is 99.1 Å². The monoisotopic (exact) mass is 372 g/mol. The van der Waals surface area contributed by atoms with Gasteiger partial charge in [0.15, 0.2) is 0 Å². The number of hydrogen-bond acceptors (Lipinski definition) is 5. The van der Waals surface area contributed by atoms with E-state index in [0.29, 0.717) is 16.3 Å². The number of nitrogens with zero attached hydrogens (tertiary/aromatic N) is 1. The number of nitrogens with one attached hydrogen (secondary N) is 1. The van der Waals surface area contributed by atoms with Crippen molar-refractivity contribution in [3.8, 4) is 5.75 Å². The number of hydrogen-bond donors (Lipinski definition) is 3. The number of amides is 2. The van der Waals surface area contributed by atoms with Crippen molar-refractivity contribution in [1.82, 2.24) is 5.06 Å². The van der Waals surface area contributed by atoms with E-state index in [1.54, 1.807) is 57.2 Å². The van der Waals surface area contributed by atoms with Crippen LogP contribution < -0.4 is 5.32 Å². The van der Waals surface area contributed by atoms with E-state index in [2.05, 4.69) is 5.32 Å². The molecule has 144 valence electrons. The third-order valence-corrected chi connectivity index (χ3v) is 3.59. The minimum absolute atomic E-state index is 0.0364. The first-order chi connectivity index (χ1) is 12.7. The Kier molecular flexibility index (Phi) is 6.41. The predicted octanol–water partition coefficient (Wildman–Crippen LogP) is 3.57. The number of phenols is 1. The summed E-state index contributed by atoms with van der Waals surface area (Å²) in [5, 5.41) is 22.7. The van der Waals surface area contributed by atoms with E-state index < -0.39 is 23.6 Å². The molecule has 0 saturated heterocycles. The molecule has 27 heavy (non-hydrogen) atoms. The highest BCUT2D eigenvalue weighted by Crippen LogP contribution is 2.17. The molecule has 2 amide bonds. The Bertz CT molecular complexity index is 769. The summed E-state index contributed by atoms with van der Waals surface area (Å²) >= 11 is 0. The third kappa shape index (κ3) is 6.31. The van der Waals surface area contributed by atoms with Crippen LogP contribution in [0.15, 0.2) is 54.6 Å². The lowest BCUT2D eigenvalue weighted by molar-refractivity contribution is -0.145. The fourth-order valence-corrected chi connectivity index (χ4v) is 2.33. The molecule has 0 unspecified atom stereocenters. The zero-order chi connectivity index (χ0) is 20.0. The maximum Gasteiger partial charge on any atom is 0.435 e. The summed E-state index contributed by atoms with van der Waals surface area (Å²) in [6, 6.07) is 13.7. The maximum absolute atomic E-state index is 12.7. The predicted molar refractivity (Wildman–Crippen MR) is 101 cm³/mol. The molecule has 7 nitrogen and oxygen atoms in total. The van der Waals surface area contributed by atoms with Gasteiger partial charge in [0.1, 0.15) is 17.4 Å². The van der Waals surface area contributed by atoms with Gasteiger partial charge in [-0.25, -0.2) is 4.79 Å². The van der Waals surface area contributed by atoms with Gasteiger partial charge in [-0.1, -0.05) is 30.3 Å². The van der Waals surface area contributed by atoms with E-state index in [1.165, 1.54) is 12.1 Å². The van der Waals surface area contributed by atoms with Crippen molar-refractivity contribution in [2.24, 2.45) is 0 Å². The first-order valence-corrected chi connectivity index (χ1v) is 8.50. The van der Waals surface area contributed by atoms with Gasteiger partial charge in [0.05, 0.1) is 0 Å². The van der Waals surface area contributed by atoms with Crippen molar-refractivity contribution >= 4 is 17.7 Å². The molecule has 0 heterocycles. The van der Waals surface area contributed by atoms with Crippen LogP contribution in [0, 0.1) is 0 Å². The number of aromatic hydroxyl groups is 1. The van der Waals surface area contributed by atoms with Gasteiger partial charge >= 0.3 is 6.09 Å². The van der Waals surface area contributed by atoms with Crippen molar-refractivity contribution < 1.29 is 24.6 Å². The molecule has 0 aliphatic carbocycles.